The summed E-state index contributed by atoms with van der Waals surface area (Å²) in [5.74, 6) is 0.732. The van der Waals surface area contributed by atoms with Crippen LogP contribution >= 0.6 is 11.8 Å². The number of piperidine rings is 1. The number of thioether (sulfide) groups is 1. The minimum Gasteiger partial charge on any atom is -0.465 e. The molecule has 3 rings (SSSR count). The van der Waals surface area contributed by atoms with Crippen molar-refractivity contribution in [2.75, 3.05) is 25.4 Å². The van der Waals surface area contributed by atoms with Crippen molar-refractivity contribution >= 4 is 17.7 Å². The third kappa shape index (κ3) is 3.65. The van der Waals surface area contributed by atoms with Crippen molar-refractivity contribution in [3.63, 3.8) is 0 Å². The molecule has 1 atom stereocenters. The topological polar surface area (TPSA) is 41.6 Å². The molecule has 0 aliphatic carbocycles. The summed E-state index contributed by atoms with van der Waals surface area (Å²) in [5, 5.41) is 3.54. The molecule has 0 amide bonds. The zero-order valence-corrected chi connectivity index (χ0v) is 13.9. The van der Waals surface area contributed by atoms with Gasteiger partial charge < -0.3 is 4.74 Å². The molecule has 2 aliphatic rings. The normalized spacial score (nSPS) is 24.5. The summed E-state index contributed by atoms with van der Waals surface area (Å²) in [4.78, 5) is 14.4. The van der Waals surface area contributed by atoms with Crippen LogP contribution in [0, 0.1) is 0 Å². The Labute approximate surface area is 136 Å². The van der Waals surface area contributed by atoms with Crippen LogP contribution in [0.25, 0.3) is 0 Å². The van der Waals surface area contributed by atoms with E-state index < -0.39 is 0 Å². The van der Waals surface area contributed by atoms with E-state index in [0.717, 1.165) is 38.2 Å². The maximum atomic E-state index is 11.9. The number of ether oxygens (including phenoxy) is 1. The van der Waals surface area contributed by atoms with E-state index in [2.05, 4.69) is 40.5 Å². The second-order valence-corrected chi connectivity index (χ2v) is 7.42. The Balaban J connectivity index is 1.50. The zero-order chi connectivity index (χ0) is 15.4. The summed E-state index contributed by atoms with van der Waals surface area (Å²) in [6.45, 7) is 5.48. The second-order valence-electron chi connectivity index (χ2n) is 6.02. The average Bonchev–Trinajstić information content (AvgIpc) is 2.95. The van der Waals surface area contributed by atoms with Gasteiger partial charge in [-0.25, -0.2) is 0 Å². The standard InChI is InChI=1S/C17H24N2O2S/c1-2-21-16(20)15-13-22-17(18-15)8-10-19(11-9-17)12-14-6-4-3-5-7-14/h3-7,15,18H,2,8-13H2,1H3/t15-/m0/s1. The predicted molar refractivity (Wildman–Crippen MR) is 89.7 cm³/mol. The molecule has 1 aromatic carbocycles. The summed E-state index contributed by atoms with van der Waals surface area (Å²) < 4.78 is 5.13. The lowest BCUT2D eigenvalue weighted by atomic mass is 10.0. The molecule has 2 heterocycles. The van der Waals surface area contributed by atoms with Crippen molar-refractivity contribution in [1.82, 2.24) is 10.2 Å². The molecule has 0 radical (unpaired) electrons. The van der Waals surface area contributed by atoms with Crippen molar-refractivity contribution in [2.24, 2.45) is 0 Å². The van der Waals surface area contributed by atoms with Crippen LogP contribution in [0.2, 0.25) is 0 Å². The Morgan fingerprint density at radius 2 is 2.09 bits per heavy atom. The van der Waals surface area contributed by atoms with Gasteiger partial charge >= 0.3 is 5.97 Å². The van der Waals surface area contributed by atoms with Crippen molar-refractivity contribution in [3.8, 4) is 0 Å². The molecule has 0 unspecified atom stereocenters. The number of carbonyl (C=O) groups is 1. The molecular formula is C17H24N2O2S. The predicted octanol–water partition coefficient (Wildman–Crippen LogP) is 2.25. The van der Waals surface area contributed by atoms with E-state index in [1.165, 1.54) is 5.56 Å². The second kappa shape index (κ2) is 7.02. The van der Waals surface area contributed by atoms with Crippen LogP contribution in [0.1, 0.15) is 25.3 Å². The Hall–Kier alpha value is -1.04. The van der Waals surface area contributed by atoms with E-state index in [1.807, 2.05) is 18.7 Å². The highest BCUT2D eigenvalue weighted by Crippen LogP contribution is 2.39. The maximum Gasteiger partial charge on any atom is 0.324 e. The zero-order valence-electron chi connectivity index (χ0n) is 13.1. The summed E-state index contributed by atoms with van der Waals surface area (Å²) >= 11 is 1.90. The van der Waals surface area contributed by atoms with E-state index in [-0.39, 0.29) is 16.9 Å². The first-order valence-electron chi connectivity index (χ1n) is 8.05. The van der Waals surface area contributed by atoms with Gasteiger partial charge in [0.25, 0.3) is 0 Å². The molecule has 0 bridgehead atoms. The lowest BCUT2D eigenvalue weighted by Gasteiger charge is -2.39. The van der Waals surface area contributed by atoms with Crippen LogP contribution in [0.15, 0.2) is 30.3 Å². The van der Waals surface area contributed by atoms with Gasteiger partial charge in [0, 0.05) is 25.4 Å². The van der Waals surface area contributed by atoms with Gasteiger partial charge in [-0.15, -0.1) is 11.8 Å². The number of hydrogen-bond donors (Lipinski definition) is 1. The Kier molecular flexibility index (Phi) is 5.06. The number of esters is 1. The van der Waals surface area contributed by atoms with Gasteiger partial charge in [-0.3, -0.25) is 15.0 Å². The fourth-order valence-electron chi connectivity index (χ4n) is 3.22. The van der Waals surface area contributed by atoms with Gasteiger partial charge in [-0.2, -0.15) is 0 Å². The van der Waals surface area contributed by atoms with E-state index in [1.54, 1.807) is 0 Å². The number of rotatable bonds is 4. The van der Waals surface area contributed by atoms with E-state index >= 15 is 0 Å². The largest absolute Gasteiger partial charge is 0.465 e. The Bertz CT molecular complexity index is 501. The lowest BCUT2D eigenvalue weighted by molar-refractivity contribution is -0.145. The molecule has 5 heteroatoms. The molecule has 1 aromatic rings. The number of benzene rings is 1. The molecule has 4 nitrogen and oxygen atoms in total. The monoisotopic (exact) mass is 320 g/mol. The number of likely N-dealkylation sites (tertiary alicyclic amines) is 1. The molecule has 2 saturated heterocycles. The smallest absolute Gasteiger partial charge is 0.324 e. The van der Waals surface area contributed by atoms with Gasteiger partial charge in [-0.1, -0.05) is 30.3 Å². The molecule has 2 fully saturated rings. The van der Waals surface area contributed by atoms with Crippen molar-refractivity contribution < 1.29 is 9.53 Å². The average molecular weight is 320 g/mol. The first kappa shape index (κ1) is 15.8. The summed E-state index contributed by atoms with van der Waals surface area (Å²) in [7, 11) is 0. The highest BCUT2D eigenvalue weighted by molar-refractivity contribution is 8.01. The number of nitrogens with zero attached hydrogens (tertiary/aromatic N) is 1. The van der Waals surface area contributed by atoms with Gasteiger partial charge in [0.2, 0.25) is 0 Å². The van der Waals surface area contributed by atoms with E-state index in [0.29, 0.717) is 6.61 Å². The third-order valence-electron chi connectivity index (χ3n) is 4.45. The minimum atomic E-state index is -0.134. The summed E-state index contributed by atoms with van der Waals surface area (Å²) in [5.41, 5.74) is 1.37. The van der Waals surface area contributed by atoms with Gasteiger partial charge in [0.05, 0.1) is 11.5 Å². The van der Waals surface area contributed by atoms with Gasteiger partial charge in [0.15, 0.2) is 0 Å². The maximum absolute atomic E-state index is 11.9. The van der Waals surface area contributed by atoms with Crippen LogP contribution in [0.4, 0.5) is 0 Å². The highest BCUT2D eigenvalue weighted by Gasteiger charge is 2.44. The first-order valence-corrected chi connectivity index (χ1v) is 9.04. The molecular weight excluding hydrogens is 296 g/mol. The molecule has 120 valence electrons. The quantitative estimate of drug-likeness (QED) is 0.862. The fourth-order valence-corrected chi connectivity index (χ4v) is 4.62. The molecule has 1 spiro atoms. The number of hydrogen-bond acceptors (Lipinski definition) is 5. The minimum absolute atomic E-state index is 0.0740. The molecule has 0 saturated carbocycles. The van der Waals surface area contributed by atoms with Gasteiger partial charge in [0.1, 0.15) is 6.04 Å². The molecule has 2 aliphatic heterocycles. The van der Waals surface area contributed by atoms with Crippen molar-refractivity contribution in [3.05, 3.63) is 35.9 Å². The van der Waals surface area contributed by atoms with Crippen molar-refractivity contribution in [1.29, 1.82) is 0 Å². The molecule has 1 N–H and O–H groups in total. The van der Waals surface area contributed by atoms with E-state index in [9.17, 15) is 4.79 Å². The van der Waals surface area contributed by atoms with Crippen LogP contribution in [0.5, 0.6) is 0 Å². The Morgan fingerprint density at radius 1 is 1.36 bits per heavy atom. The van der Waals surface area contributed by atoms with Crippen molar-refractivity contribution in [2.45, 2.75) is 37.2 Å². The first-order chi connectivity index (χ1) is 10.7. The highest BCUT2D eigenvalue weighted by atomic mass is 32.2. The number of carbonyl (C=O) groups excluding carboxylic acids is 1. The van der Waals surface area contributed by atoms with E-state index in [4.69, 9.17) is 4.74 Å². The SMILES string of the molecule is CCOC(=O)[C@@H]1CSC2(CCN(Cc3ccccc3)CC2)N1. The van der Waals surface area contributed by atoms with Gasteiger partial charge in [-0.05, 0) is 25.3 Å². The molecule has 22 heavy (non-hydrogen) atoms. The third-order valence-corrected chi connectivity index (χ3v) is 6.03. The number of nitrogens with one attached hydrogen (secondary N) is 1. The summed E-state index contributed by atoms with van der Waals surface area (Å²) in [6, 6.07) is 10.5. The molecule has 0 aromatic heterocycles. The lowest BCUT2D eigenvalue weighted by Crippen LogP contribution is -2.51. The van der Waals surface area contributed by atoms with Crippen LogP contribution in [-0.4, -0.2) is 47.2 Å². The van der Waals surface area contributed by atoms with Crippen LogP contribution in [-0.2, 0) is 16.1 Å². The van der Waals surface area contributed by atoms with Crippen LogP contribution in [0.3, 0.4) is 0 Å². The fraction of sp³-hybridized carbons (Fsp3) is 0.588. The summed E-state index contributed by atoms with van der Waals surface area (Å²) in [6.07, 6.45) is 2.17. The Morgan fingerprint density at radius 3 is 2.77 bits per heavy atom. The van der Waals surface area contributed by atoms with Crippen LogP contribution < -0.4 is 5.32 Å².